The third-order valence-electron chi connectivity index (χ3n) is 0.112. The van der Waals surface area contributed by atoms with Crippen LogP contribution in [-0.2, 0) is 18.3 Å². The summed E-state index contributed by atoms with van der Waals surface area (Å²) in [5.74, 6) is 0. The molecular formula is CH3N2Zn. The number of hydrogen-bond donors (Lipinski definition) is 1. The van der Waals surface area contributed by atoms with Crippen LogP contribution in [0.25, 0.3) is 0 Å². The van der Waals surface area contributed by atoms with E-state index >= 15 is 0 Å². The molecule has 0 aromatic heterocycles. The van der Waals surface area contributed by atoms with Crippen LogP contribution in [0.1, 0.15) is 0 Å². The van der Waals surface area contributed by atoms with Crippen molar-refractivity contribution in [3.8, 4) is 0 Å². The van der Waals surface area contributed by atoms with Gasteiger partial charge >= 0.3 is 34.1 Å². The second-order valence-corrected chi connectivity index (χ2v) is 1.32. The SMILES string of the molecule is N=N[CH2][Zn]. The molecule has 0 aliphatic heterocycles. The van der Waals surface area contributed by atoms with Gasteiger partial charge in [-0.1, -0.05) is 0 Å². The van der Waals surface area contributed by atoms with Gasteiger partial charge in [0.1, 0.15) is 0 Å². The molecular weight excluding hydrogens is 105 g/mol. The first-order chi connectivity index (χ1) is 1.91. The van der Waals surface area contributed by atoms with Gasteiger partial charge in [-0.15, -0.1) is 0 Å². The number of nitrogens with zero attached hydrogens (tertiary/aromatic N) is 1. The number of rotatable bonds is 1. The van der Waals surface area contributed by atoms with E-state index in [9.17, 15) is 0 Å². The molecule has 3 heteroatoms. The van der Waals surface area contributed by atoms with Gasteiger partial charge in [0, 0.05) is 0 Å². The fourth-order valence-corrected chi connectivity index (χ4v) is 0. The predicted molar refractivity (Wildman–Crippen MR) is 10.0 cm³/mol. The molecule has 0 fully saturated rings. The molecule has 19 valence electrons. The van der Waals surface area contributed by atoms with Crippen LogP contribution in [0.2, 0.25) is 0 Å². The Bertz CT molecular complexity index is 20.0. The molecule has 0 heterocycles. The van der Waals surface area contributed by atoms with Gasteiger partial charge in [-0.3, -0.25) is 0 Å². The average molecular weight is 108 g/mol. The van der Waals surface area contributed by atoms with Crippen molar-refractivity contribution in [1.29, 1.82) is 5.53 Å². The van der Waals surface area contributed by atoms with Gasteiger partial charge in [0.25, 0.3) is 0 Å². The Hall–Kier alpha value is 0.223. The molecule has 2 nitrogen and oxygen atoms in total. The zero-order chi connectivity index (χ0) is 3.41. The van der Waals surface area contributed by atoms with Crippen LogP contribution in [0.5, 0.6) is 0 Å². The van der Waals surface area contributed by atoms with Crippen molar-refractivity contribution in [2.45, 2.75) is 0 Å². The normalized spacial score (nSPS) is 6.50. The van der Waals surface area contributed by atoms with E-state index in [0.717, 1.165) is 23.4 Å². The van der Waals surface area contributed by atoms with Crippen LogP contribution in [0, 0.1) is 5.53 Å². The molecule has 0 bridgehead atoms. The van der Waals surface area contributed by atoms with Gasteiger partial charge in [-0.05, 0) is 0 Å². The monoisotopic (exact) mass is 107 g/mol. The molecule has 0 aliphatic rings. The van der Waals surface area contributed by atoms with E-state index in [1.165, 1.54) is 0 Å². The molecule has 0 rings (SSSR count). The van der Waals surface area contributed by atoms with Crippen LogP contribution in [0.15, 0.2) is 5.11 Å². The van der Waals surface area contributed by atoms with Gasteiger partial charge in [-0.2, -0.15) is 0 Å². The van der Waals surface area contributed by atoms with E-state index in [2.05, 4.69) is 5.11 Å². The standard InChI is InChI=1S/CH3N2.Zn/c1-3-2;/h2H,1H2;. The summed E-state index contributed by atoms with van der Waals surface area (Å²) in [6.45, 7) is 0. The van der Waals surface area contributed by atoms with Crippen molar-refractivity contribution in [2.24, 2.45) is 5.11 Å². The fraction of sp³-hybridized carbons (Fsp3) is 1.00. The summed E-state index contributed by atoms with van der Waals surface area (Å²) in [5.41, 5.74) is 6.11. The Morgan fingerprint density at radius 3 is 2.25 bits per heavy atom. The number of nitrogens with one attached hydrogen (secondary N) is 1. The molecule has 0 saturated heterocycles. The Morgan fingerprint density at radius 1 is 2.00 bits per heavy atom. The van der Waals surface area contributed by atoms with E-state index in [-0.39, 0.29) is 0 Å². The molecule has 0 saturated carbocycles. The van der Waals surface area contributed by atoms with Crippen molar-refractivity contribution in [3.63, 3.8) is 0 Å². The molecule has 0 spiro atoms. The summed E-state index contributed by atoms with van der Waals surface area (Å²) in [4.78, 5) is 0. The van der Waals surface area contributed by atoms with Crippen LogP contribution < -0.4 is 0 Å². The summed E-state index contributed by atoms with van der Waals surface area (Å²) in [6.07, 6.45) is 0. The van der Waals surface area contributed by atoms with Crippen molar-refractivity contribution in [1.82, 2.24) is 0 Å². The molecule has 1 N–H and O–H groups in total. The van der Waals surface area contributed by atoms with Gasteiger partial charge in [0.05, 0.1) is 0 Å². The van der Waals surface area contributed by atoms with Crippen LogP contribution in [0.4, 0.5) is 0 Å². The summed E-state index contributed by atoms with van der Waals surface area (Å²) in [6, 6.07) is 0. The van der Waals surface area contributed by atoms with E-state index in [1.807, 2.05) is 0 Å². The van der Waals surface area contributed by atoms with Gasteiger partial charge in [0.2, 0.25) is 0 Å². The molecule has 0 aromatic rings. The quantitative estimate of drug-likeness (QED) is 0.376. The Morgan fingerprint density at radius 2 is 2.25 bits per heavy atom. The predicted octanol–water partition coefficient (Wildman–Crippen LogP) is 0.522. The third-order valence-corrected chi connectivity index (χ3v) is 0.581. The second-order valence-electron chi connectivity index (χ2n) is 0.382. The average Bonchev–Trinajstić information content (AvgIpc) is 1.37. The minimum atomic E-state index is 0.736. The van der Waals surface area contributed by atoms with Crippen molar-refractivity contribution in [2.75, 3.05) is 5.14 Å². The topological polar surface area (TPSA) is 36.2 Å². The maximum absolute atomic E-state index is 6.11. The molecule has 0 unspecified atom stereocenters. The zero-order valence-electron chi connectivity index (χ0n) is 2.36. The first kappa shape index (κ1) is 4.22. The third kappa shape index (κ3) is 2.22. The minimum absolute atomic E-state index is 0.736. The Kier molecular flexibility index (Phi) is 3.40. The second kappa shape index (κ2) is 3.22. The molecule has 0 aliphatic carbocycles. The Labute approximate surface area is 34.8 Å². The summed E-state index contributed by atoms with van der Waals surface area (Å²) >= 11 is 1.11. The zero-order valence-corrected chi connectivity index (χ0v) is 5.33. The fourth-order valence-electron chi connectivity index (χ4n) is 0. The van der Waals surface area contributed by atoms with Crippen LogP contribution in [0.3, 0.4) is 0 Å². The van der Waals surface area contributed by atoms with E-state index in [4.69, 9.17) is 5.53 Å². The summed E-state index contributed by atoms with van der Waals surface area (Å²) in [5, 5.41) is 3.78. The summed E-state index contributed by atoms with van der Waals surface area (Å²) in [7, 11) is 0. The van der Waals surface area contributed by atoms with Gasteiger partial charge in [-0.25, -0.2) is 0 Å². The number of hydrogen-bond acceptors (Lipinski definition) is 2. The first-order valence-electron chi connectivity index (χ1n) is 1.04. The molecule has 0 aromatic carbocycles. The van der Waals surface area contributed by atoms with Crippen LogP contribution >= 0.6 is 0 Å². The van der Waals surface area contributed by atoms with E-state index < -0.39 is 0 Å². The van der Waals surface area contributed by atoms with Crippen molar-refractivity contribution in [3.05, 3.63) is 0 Å². The van der Waals surface area contributed by atoms with Gasteiger partial charge in [0.15, 0.2) is 0 Å². The molecule has 0 radical (unpaired) electrons. The first-order valence-corrected chi connectivity index (χ1v) is 3.14. The molecule has 0 atom stereocenters. The molecule has 4 heavy (non-hydrogen) atoms. The van der Waals surface area contributed by atoms with Gasteiger partial charge < -0.3 is 0 Å². The van der Waals surface area contributed by atoms with Crippen molar-refractivity contribution >= 4 is 0 Å². The maximum atomic E-state index is 6.11. The summed E-state index contributed by atoms with van der Waals surface area (Å²) < 4.78 is 0. The Balaban J connectivity index is 2.30. The van der Waals surface area contributed by atoms with E-state index in [1.54, 1.807) is 0 Å². The molecule has 0 amide bonds. The van der Waals surface area contributed by atoms with E-state index in [0.29, 0.717) is 0 Å². The van der Waals surface area contributed by atoms with Crippen molar-refractivity contribution < 1.29 is 18.3 Å². The van der Waals surface area contributed by atoms with Crippen LogP contribution in [-0.4, -0.2) is 5.14 Å².